The summed E-state index contributed by atoms with van der Waals surface area (Å²) in [4.78, 5) is 14.0. The summed E-state index contributed by atoms with van der Waals surface area (Å²) in [5.74, 6) is 0.136. The summed E-state index contributed by atoms with van der Waals surface area (Å²) in [5, 5.41) is 8.52. The van der Waals surface area contributed by atoms with Gasteiger partial charge in [-0.1, -0.05) is 75.4 Å². The van der Waals surface area contributed by atoms with Crippen LogP contribution in [0.1, 0.15) is 102 Å². The molecule has 31 heavy (non-hydrogen) atoms. The number of carbonyl (C=O) groups is 1. The summed E-state index contributed by atoms with van der Waals surface area (Å²) in [7, 11) is 1.40. The Labute approximate surface area is 199 Å². The molecule has 182 valence electrons. The fourth-order valence-corrected chi connectivity index (χ4v) is 3.07. The predicted octanol–water partition coefficient (Wildman–Crippen LogP) is 6.47. The molecule has 6 heteroatoms. The number of aliphatic hydroxyl groups is 1. The number of benzene rings is 1. The monoisotopic (exact) mass is 502 g/mol. The molecule has 1 rings (SSSR count). The van der Waals surface area contributed by atoms with E-state index < -0.39 is 5.60 Å². The first-order valence-corrected chi connectivity index (χ1v) is 12.6. The fraction of sp³-hybridized carbons (Fsp3) is 0.720. The number of hydrogen-bond acceptors (Lipinski definition) is 5. The zero-order chi connectivity index (χ0) is 24.4. The highest BCUT2D eigenvalue weighted by molar-refractivity contribution is 9.09. The van der Waals surface area contributed by atoms with Gasteiger partial charge in [0.2, 0.25) is 0 Å². The third-order valence-corrected chi connectivity index (χ3v) is 4.96. The predicted molar refractivity (Wildman–Crippen MR) is 138 cm³/mol. The molecule has 5 nitrogen and oxygen atoms in total. The van der Waals surface area contributed by atoms with Crippen molar-refractivity contribution < 1.29 is 14.6 Å². The summed E-state index contributed by atoms with van der Waals surface area (Å²) < 4.78 is 4.84. The van der Waals surface area contributed by atoms with Crippen LogP contribution in [-0.4, -0.2) is 42.3 Å². The number of anilines is 1. The zero-order valence-electron chi connectivity index (χ0n) is 21.1. The van der Waals surface area contributed by atoms with Crippen LogP contribution in [0.3, 0.4) is 0 Å². The lowest BCUT2D eigenvalue weighted by molar-refractivity contribution is 0.0600. The summed E-state index contributed by atoms with van der Waals surface area (Å²) in [5.41, 5.74) is 8.80. The number of hydrogen-bond donors (Lipinski definition) is 2. The highest BCUT2D eigenvalue weighted by Gasteiger charge is 2.18. The average Bonchev–Trinajstić information content (AvgIpc) is 2.73. The molecule has 1 aromatic rings. The van der Waals surface area contributed by atoms with Crippen molar-refractivity contribution in [3.63, 3.8) is 0 Å². The van der Waals surface area contributed by atoms with Crippen LogP contribution in [0.25, 0.3) is 0 Å². The molecular weight excluding hydrogens is 456 g/mol. The van der Waals surface area contributed by atoms with Gasteiger partial charge in [0.05, 0.1) is 23.7 Å². The summed E-state index contributed by atoms with van der Waals surface area (Å²) >= 11 is 3.52. The van der Waals surface area contributed by atoms with Crippen LogP contribution in [0.4, 0.5) is 5.69 Å². The van der Waals surface area contributed by atoms with E-state index in [-0.39, 0.29) is 5.97 Å². The van der Waals surface area contributed by atoms with Gasteiger partial charge in [0.15, 0.2) is 0 Å². The fourth-order valence-electron chi connectivity index (χ4n) is 2.55. The smallest absolute Gasteiger partial charge is 0.337 e. The molecule has 0 spiro atoms. The van der Waals surface area contributed by atoms with E-state index in [1.165, 1.54) is 38.4 Å². The van der Waals surface area contributed by atoms with Gasteiger partial charge in [0, 0.05) is 18.8 Å². The first kappa shape index (κ1) is 32.1. The molecular formula is C25H47BrN2O3. The number of rotatable bonds is 10. The van der Waals surface area contributed by atoms with Crippen LogP contribution in [0, 0.1) is 0 Å². The second-order valence-corrected chi connectivity index (χ2v) is 9.15. The number of nitrogens with two attached hydrogens (primary N) is 1. The Morgan fingerprint density at radius 2 is 1.74 bits per heavy atom. The maximum absolute atomic E-state index is 11.8. The van der Waals surface area contributed by atoms with Crippen LogP contribution >= 0.6 is 15.9 Å². The molecule has 0 aliphatic carbocycles. The van der Waals surface area contributed by atoms with Crippen molar-refractivity contribution >= 4 is 27.6 Å². The van der Waals surface area contributed by atoms with Crippen LogP contribution in [-0.2, 0) is 4.74 Å². The Hall–Kier alpha value is -1.11. The van der Waals surface area contributed by atoms with Crippen molar-refractivity contribution in [2.45, 2.75) is 92.1 Å². The van der Waals surface area contributed by atoms with E-state index in [0.29, 0.717) is 23.5 Å². The van der Waals surface area contributed by atoms with Gasteiger partial charge in [0.25, 0.3) is 0 Å². The quantitative estimate of drug-likeness (QED) is 0.218. The Balaban J connectivity index is 0. The molecule has 1 unspecified atom stereocenters. The SMILES string of the molecule is CC(C)(C)O.CCCC.CCCCC(C)c1ccc(C(=O)OC)cc1N(CBr)CCN. The Kier molecular flexibility index (Phi) is 19.1. The Morgan fingerprint density at radius 3 is 2.13 bits per heavy atom. The number of esters is 1. The molecule has 0 radical (unpaired) electrons. The normalized spacial score (nSPS) is 11.5. The van der Waals surface area contributed by atoms with E-state index in [9.17, 15) is 4.79 Å². The van der Waals surface area contributed by atoms with E-state index in [2.05, 4.69) is 48.5 Å². The van der Waals surface area contributed by atoms with Crippen molar-refractivity contribution in [3.05, 3.63) is 29.3 Å². The van der Waals surface area contributed by atoms with Crippen molar-refractivity contribution in [1.82, 2.24) is 0 Å². The van der Waals surface area contributed by atoms with Crippen LogP contribution in [0.2, 0.25) is 0 Å². The number of halogens is 1. The molecule has 0 saturated heterocycles. The maximum Gasteiger partial charge on any atom is 0.337 e. The average molecular weight is 504 g/mol. The zero-order valence-corrected chi connectivity index (χ0v) is 22.7. The first-order chi connectivity index (χ1) is 14.5. The van der Waals surface area contributed by atoms with E-state index in [1.807, 2.05) is 18.2 Å². The lowest BCUT2D eigenvalue weighted by Gasteiger charge is -2.27. The van der Waals surface area contributed by atoms with Gasteiger partial charge in [-0.2, -0.15) is 0 Å². The molecule has 0 heterocycles. The van der Waals surface area contributed by atoms with Gasteiger partial charge in [0.1, 0.15) is 0 Å². The van der Waals surface area contributed by atoms with Gasteiger partial charge in [-0.15, -0.1) is 0 Å². The third kappa shape index (κ3) is 16.2. The Bertz CT molecular complexity index is 581. The summed E-state index contributed by atoms with van der Waals surface area (Å²) in [6, 6.07) is 5.82. The van der Waals surface area contributed by atoms with E-state index >= 15 is 0 Å². The number of carbonyl (C=O) groups excluding carboxylic acids is 1. The molecule has 1 aromatic carbocycles. The van der Waals surface area contributed by atoms with Gasteiger partial charge < -0.3 is 20.5 Å². The lowest BCUT2D eigenvalue weighted by Crippen LogP contribution is -2.29. The Morgan fingerprint density at radius 1 is 1.19 bits per heavy atom. The van der Waals surface area contributed by atoms with E-state index in [1.54, 1.807) is 20.8 Å². The van der Waals surface area contributed by atoms with Gasteiger partial charge in [-0.05, 0) is 50.8 Å². The van der Waals surface area contributed by atoms with Gasteiger partial charge in [-0.3, -0.25) is 0 Å². The molecule has 0 fully saturated rings. The highest BCUT2D eigenvalue weighted by atomic mass is 79.9. The minimum Gasteiger partial charge on any atom is -0.465 e. The van der Waals surface area contributed by atoms with Crippen molar-refractivity contribution in [2.75, 3.05) is 30.6 Å². The van der Waals surface area contributed by atoms with Gasteiger partial charge >= 0.3 is 5.97 Å². The summed E-state index contributed by atoms with van der Waals surface area (Å²) in [6.45, 7) is 15.3. The maximum atomic E-state index is 11.8. The molecule has 0 aliphatic heterocycles. The van der Waals surface area contributed by atoms with Crippen LogP contribution in [0.5, 0.6) is 0 Å². The molecule has 0 aromatic heterocycles. The van der Waals surface area contributed by atoms with Crippen LogP contribution < -0.4 is 10.6 Å². The van der Waals surface area contributed by atoms with Crippen molar-refractivity contribution in [2.24, 2.45) is 5.73 Å². The largest absolute Gasteiger partial charge is 0.465 e. The molecule has 0 aliphatic rings. The molecule has 1 atom stereocenters. The third-order valence-electron chi connectivity index (χ3n) is 4.36. The molecule has 0 saturated carbocycles. The first-order valence-electron chi connectivity index (χ1n) is 11.5. The number of methoxy groups -OCH3 is 1. The second-order valence-electron chi connectivity index (χ2n) is 8.65. The van der Waals surface area contributed by atoms with Crippen LogP contribution in [0.15, 0.2) is 18.2 Å². The second kappa shape index (κ2) is 18.5. The minimum absolute atomic E-state index is 0.309. The number of ether oxygens (including phenoxy) is 1. The molecule has 3 N–H and O–H groups in total. The standard InChI is InChI=1S/C17H27BrN2O2.C4H10O.C4H10/c1-4-5-6-13(2)15-8-7-14(17(21)22-3)11-16(15)20(12-18)10-9-19;1-4(2,3)5;1-3-4-2/h7-8,11,13H,4-6,9-10,12,19H2,1-3H3;5H,1-3H3;3-4H2,1-2H3. The molecule has 0 bridgehead atoms. The van der Waals surface area contributed by atoms with E-state index in [4.69, 9.17) is 15.6 Å². The highest BCUT2D eigenvalue weighted by Crippen LogP contribution is 2.32. The van der Waals surface area contributed by atoms with Crippen molar-refractivity contribution in [3.8, 4) is 0 Å². The lowest BCUT2D eigenvalue weighted by atomic mass is 9.92. The molecule has 0 amide bonds. The van der Waals surface area contributed by atoms with Gasteiger partial charge in [-0.25, -0.2) is 4.79 Å². The number of nitrogens with zero attached hydrogens (tertiary/aromatic N) is 1. The summed E-state index contributed by atoms with van der Waals surface area (Å²) in [6.07, 6.45) is 6.16. The van der Waals surface area contributed by atoms with E-state index in [0.717, 1.165) is 18.7 Å². The number of unbranched alkanes of at least 4 members (excludes halogenated alkanes) is 2. The van der Waals surface area contributed by atoms with Crippen molar-refractivity contribution in [1.29, 1.82) is 0 Å². The number of alkyl halides is 1. The minimum atomic E-state index is -0.500. The topological polar surface area (TPSA) is 75.8 Å².